The fraction of sp³-hybridized carbons (Fsp3) is 0. The molecule has 0 saturated heterocycles. The van der Waals surface area contributed by atoms with Gasteiger partial charge in [-0.25, -0.2) is 0 Å². The number of aromatic nitrogens is 1. The lowest BCUT2D eigenvalue weighted by molar-refractivity contribution is 0.426. The first-order chi connectivity index (χ1) is 14.2. The lowest BCUT2D eigenvalue weighted by Crippen LogP contribution is -2.29. The van der Waals surface area contributed by atoms with E-state index in [1.807, 2.05) is 30.3 Å². The molecule has 2 aromatic heterocycles. The van der Waals surface area contributed by atoms with Gasteiger partial charge in [0.05, 0.1) is 11.0 Å². The van der Waals surface area contributed by atoms with Gasteiger partial charge >= 0.3 is 7.12 Å². The van der Waals surface area contributed by atoms with Crippen molar-refractivity contribution in [3.8, 4) is 5.69 Å². The second-order valence-corrected chi connectivity index (χ2v) is 8.31. The molecular formula is C24H16BNO2S. The summed E-state index contributed by atoms with van der Waals surface area (Å²) in [7, 11) is -1.49. The minimum Gasteiger partial charge on any atom is -0.423 e. The standard InChI is InChI=1S/C24H16BNO2S/c27-25(28)15-10-12-20-19(14-15)23-21(26(20)16-6-2-1-3-7-16)13-11-18-17-8-4-5-9-22(17)29-24(18)23/h1-14,27-28H. The third-order valence-electron chi connectivity index (χ3n) is 5.61. The van der Waals surface area contributed by atoms with Crippen molar-refractivity contribution < 1.29 is 10.0 Å². The van der Waals surface area contributed by atoms with E-state index in [0.717, 1.165) is 27.5 Å². The molecule has 0 aliphatic heterocycles. The molecule has 4 aromatic carbocycles. The number of fused-ring (bicyclic) bond motifs is 7. The average molecular weight is 393 g/mol. The van der Waals surface area contributed by atoms with Crippen LogP contribution < -0.4 is 5.46 Å². The van der Waals surface area contributed by atoms with Gasteiger partial charge in [0.1, 0.15) is 0 Å². The maximum atomic E-state index is 9.76. The zero-order valence-electron chi connectivity index (χ0n) is 15.4. The second-order valence-electron chi connectivity index (χ2n) is 7.26. The van der Waals surface area contributed by atoms with Crippen LogP contribution >= 0.6 is 11.3 Å². The van der Waals surface area contributed by atoms with E-state index in [2.05, 4.69) is 53.1 Å². The number of hydrogen-bond donors (Lipinski definition) is 2. The highest BCUT2D eigenvalue weighted by atomic mass is 32.1. The Kier molecular flexibility index (Phi) is 3.59. The normalized spacial score (nSPS) is 11.8. The van der Waals surface area contributed by atoms with Crippen LogP contribution in [0.1, 0.15) is 0 Å². The van der Waals surface area contributed by atoms with Gasteiger partial charge in [-0.1, -0.05) is 54.6 Å². The largest absolute Gasteiger partial charge is 0.488 e. The number of thiophene rings is 1. The van der Waals surface area contributed by atoms with Crippen molar-refractivity contribution >= 4 is 65.9 Å². The summed E-state index contributed by atoms with van der Waals surface area (Å²) in [5.41, 5.74) is 3.77. The highest BCUT2D eigenvalue weighted by Gasteiger charge is 2.19. The summed E-state index contributed by atoms with van der Waals surface area (Å²) < 4.78 is 4.74. The molecule has 0 atom stereocenters. The first-order valence-corrected chi connectivity index (χ1v) is 10.3. The Morgan fingerprint density at radius 2 is 1.45 bits per heavy atom. The molecule has 0 radical (unpaired) electrons. The molecule has 2 heterocycles. The van der Waals surface area contributed by atoms with E-state index in [4.69, 9.17) is 0 Å². The van der Waals surface area contributed by atoms with Crippen molar-refractivity contribution in [3.63, 3.8) is 0 Å². The van der Waals surface area contributed by atoms with Gasteiger partial charge in [0.25, 0.3) is 0 Å². The van der Waals surface area contributed by atoms with E-state index >= 15 is 0 Å². The van der Waals surface area contributed by atoms with Gasteiger partial charge in [0.2, 0.25) is 0 Å². The third-order valence-corrected chi connectivity index (χ3v) is 6.81. The average Bonchev–Trinajstić information content (AvgIpc) is 3.29. The predicted molar refractivity (Wildman–Crippen MR) is 123 cm³/mol. The molecule has 0 unspecified atom stereocenters. The summed E-state index contributed by atoms with van der Waals surface area (Å²) in [6.45, 7) is 0. The van der Waals surface area contributed by atoms with E-state index in [1.54, 1.807) is 17.4 Å². The van der Waals surface area contributed by atoms with Gasteiger partial charge in [-0.15, -0.1) is 11.3 Å². The summed E-state index contributed by atoms with van der Waals surface area (Å²) in [5, 5.41) is 24.2. The van der Waals surface area contributed by atoms with Crippen molar-refractivity contribution in [2.75, 3.05) is 0 Å². The first kappa shape index (κ1) is 16.8. The van der Waals surface area contributed by atoms with Crippen molar-refractivity contribution in [1.82, 2.24) is 4.57 Å². The molecule has 2 N–H and O–H groups in total. The van der Waals surface area contributed by atoms with Crippen LogP contribution in [0.25, 0.3) is 47.7 Å². The number of rotatable bonds is 2. The van der Waals surface area contributed by atoms with E-state index in [0.29, 0.717) is 5.46 Å². The van der Waals surface area contributed by atoms with Gasteiger partial charge in [-0.2, -0.15) is 0 Å². The highest BCUT2D eigenvalue weighted by molar-refractivity contribution is 7.26. The second kappa shape index (κ2) is 6.19. The van der Waals surface area contributed by atoms with E-state index < -0.39 is 7.12 Å². The van der Waals surface area contributed by atoms with Crippen LogP contribution in [-0.4, -0.2) is 21.7 Å². The fourth-order valence-corrected chi connectivity index (χ4v) is 5.58. The maximum absolute atomic E-state index is 9.76. The van der Waals surface area contributed by atoms with E-state index in [-0.39, 0.29) is 0 Å². The van der Waals surface area contributed by atoms with Crippen molar-refractivity contribution in [2.24, 2.45) is 0 Å². The molecule has 0 aliphatic rings. The molecular weight excluding hydrogens is 377 g/mol. The van der Waals surface area contributed by atoms with Crippen LogP contribution in [0.3, 0.4) is 0 Å². The van der Waals surface area contributed by atoms with Gasteiger partial charge in [-0.3, -0.25) is 0 Å². The number of hydrogen-bond acceptors (Lipinski definition) is 3. The minimum absolute atomic E-state index is 0.503. The van der Waals surface area contributed by atoms with E-state index in [9.17, 15) is 10.0 Å². The van der Waals surface area contributed by atoms with Gasteiger partial charge in [-0.05, 0) is 35.8 Å². The molecule has 0 saturated carbocycles. The monoisotopic (exact) mass is 393 g/mol. The summed E-state index contributed by atoms with van der Waals surface area (Å²) in [6, 6.07) is 28.8. The fourth-order valence-electron chi connectivity index (χ4n) is 4.32. The Morgan fingerprint density at radius 1 is 0.690 bits per heavy atom. The minimum atomic E-state index is -1.49. The number of nitrogens with zero attached hydrogens (tertiary/aromatic N) is 1. The SMILES string of the molecule is OB(O)c1ccc2c(c1)c1c3sc4ccccc4c3ccc1n2-c1ccccc1. The van der Waals surface area contributed by atoms with Crippen molar-refractivity contribution in [2.45, 2.75) is 0 Å². The van der Waals surface area contributed by atoms with Gasteiger partial charge in [0, 0.05) is 36.6 Å². The lowest BCUT2D eigenvalue weighted by Gasteiger charge is -2.07. The third kappa shape index (κ3) is 2.39. The van der Waals surface area contributed by atoms with Crippen LogP contribution in [0, 0.1) is 0 Å². The van der Waals surface area contributed by atoms with Crippen LogP contribution in [0.5, 0.6) is 0 Å². The Bertz CT molecular complexity index is 1530. The molecule has 3 nitrogen and oxygen atoms in total. The molecule has 5 heteroatoms. The van der Waals surface area contributed by atoms with E-state index in [1.165, 1.54) is 20.2 Å². The molecule has 0 spiro atoms. The smallest absolute Gasteiger partial charge is 0.423 e. The molecule has 138 valence electrons. The zero-order chi connectivity index (χ0) is 19.5. The Morgan fingerprint density at radius 3 is 2.28 bits per heavy atom. The zero-order valence-corrected chi connectivity index (χ0v) is 16.2. The predicted octanol–water partition coefficient (Wildman–Crippen LogP) is 4.83. The topological polar surface area (TPSA) is 45.4 Å². The van der Waals surface area contributed by atoms with Crippen molar-refractivity contribution in [3.05, 3.63) is 84.9 Å². The Labute approximate surface area is 171 Å². The summed E-state index contributed by atoms with van der Waals surface area (Å²) >= 11 is 1.79. The molecule has 6 rings (SSSR count). The van der Waals surface area contributed by atoms with Gasteiger partial charge < -0.3 is 14.6 Å². The highest BCUT2D eigenvalue weighted by Crippen LogP contribution is 2.42. The Balaban J connectivity index is 1.86. The van der Waals surface area contributed by atoms with Gasteiger partial charge in [0.15, 0.2) is 0 Å². The van der Waals surface area contributed by atoms with Crippen LogP contribution in [-0.2, 0) is 0 Å². The molecule has 0 aliphatic carbocycles. The van der Waals surface area contributed by atoms with Crippen LogP contribution in [0.2, 0.25) is 0 Å². The maximum Gasteiger partial charge on any atom is 0.488 e. The van der Waals surface area contributed by atoms with Crippen molar-refractivity contribution in [1.29, 1.82) is 0 Å². The summed E-state index contributed by atoms with van der Waals surface area (Å²) in [4.78, 5) is 0. The molecule has 29 heavy (non-hydrogen) atoms. The molecule has 0 amide bonds. The summed E-state index contributed by atoms with van der Waals surface area (Å²) in [5.74, 6) is 0. The lowest BCUT2D eigenvalue weighted by atomic mass is 9.80. The van der Waals surface area contributed by atoms with Crippen LogP contribution in [0.4, 0.5) is 0 Å². The number of benzene rings is 4. The summed E-state index contributed by atoms with van der Waals surface area (Å²) in [6.07, 6.45) is 0. The quantitative estimate of drug-likeness (QED) is 0.414. The Hall–Kier alpha value is -3.12. The molecule has 6 aromatic rings. The number of para-hydroxylation sites is 1. The molecule has 0 bridgehead atoms. The molecule has 0 fully saturated rings. The van der Waals surface area contributed by atoms with Crippen LogP contribution in [0.15, 0.2) is 84.9 Å². The first-order valence-electron chi connectivity index (χ1n) is 9.52.